The van der Waals surface area contributed by atoms with Crippen molar-refractivity contribution in [1.29, 1.82) is 0 Å². The fraction of sp³-hybridized carbons (Fsp3) is 0.538. The Bertz CT molecular complexity index is 403. The van der Waals surface area contributed by atoms with E-state index < -0.39 is 5.51 Å². The van der Waals surface area contributed by atoms with E-state index in [1.54, 1.807) is 18.2 Å². The van der Waals surface area contributed by atoms with Gasteiger partial charge >= 0.3 is 5.51 Å². The topological polar surface area (TPSA) is 24.1 Å². The molecule has 1 atom stereocenters. The molecule has 6 heteroatoms. The molecule has 0 amide bonds. The van der Waals surface area contributed by atoms with Crippen molar-refractivity contribution in [3.8, 4) is 0 Å². The zero-order chi connectivity index (χ0) is 13.7. The number of piperidine rings is 1. The number of nitrogens with one attached hydrogen (secondary N) is 2. The van der Waals surface area contributed by atoms with E-state index in [1.165, 1.54) is 18.9 Å². The van der Waals surface area contributed by atoms with E-state index in [9.17, 15) is 13.2 Å². The second-order valence-corrected chi connectivity index (χ2v) is 5.68. The van der Waals surface area contributed by atoms with Crippen LogP contribution in [0, 0.1) is 0 Å². The van der Waals surface area contributed by atoms with Gasteiger partial charge in [-0.15, -0.1) is 0 Å². The summed E-state index contributed by atoms with van der Waals surface area (Å²) in [5, 5.41) is 6.49. The number of rotatable bonds is 4. The third kappa shape index (κ3) is 4.95. The van der Waals surface area contributed by atoms with E-state index in [4.69, 9.17) is 0 Å². The van der Waals surface area contributed by atoms with Crippen LogP contribution < -0.4 is 10.6 Å². The summed E-state index contributed by atoms with van der Waals surface area (Å²) >= 11 is -0.0689. The van der Waals surface area contributed by atoms with Crippen molar-refractivity contribution in [2.24, 2.45) is 0 Å². The summed E-state index contributed by atoms with van der Waals surface area (Å²) in [4.78, 5) is 0.228. The molecule has 0 saturated carbocycles. The molecule has 0 radical (unpaired) electrons. The van der Waals surface area contributed by atoms with Gasteiger partial charge in [0.1, 0.15) is 0 Å². The Labute approximate surface area is 115 Å². The molecule has 0 bridgehead atoms. The van der Waals surface area contributed by atoms with Gasteiger partial charge in [0.05, 0.1) is 0 Å². The van der Waals surface area contributed by atoms with Crippen LogP contribution in [-0.4, -0.2) is 24.6 Å². The molecular weight excluding hydrogens is 273 g/mol. The maximum Gasteiger partial charge on any atom is 0.446 e. The number of para-hydroxylation sites is 1. The van der Waals surface area contributed by atoms with Gasteiger partial charge < -0.3 is 10.6 Å². The van der Waals surface area contributed by atoms with Crippen molar-refractivity contribution < 1.29 is 13.2 Å². The molecule has 2 N–H and O–H groups in total. The molecule has 1 aliphatic rings. The van der Waals surface area contributed by atoms with Gasteiger partial charge in [-0.2, -0.15) is 13.2 Å². The SMILES string of the molecule is FC(F)(F)Sc1ccccc1NCC1CCCCN1. The van der Waals surface area contributed by atoms with Gasteiger partial charge in [-0.05, 0) is 43.3 Å². The number of anilines is 1. The molecule has 19 heavy (non-hydrogen) atoms. The number of hydrogen-bond donors (Lipinski definition) is 2. The minimum Gasteiger partial charge on any atom is -0.383 e. The smallest absolute Gasteiger partial charge is 0.383 e. The highest BCUT2D eigenvalue weighted by Gasteiger charge is 2.30. The Morgan fingerprint density at radius 2 is 2.05 bits per heavy atom. The molecule has 0 aliphatic carbocycles. The maximum atomic E-state index is 12.4. The van der Waals surface area contributed by atoms with Crippen molar-refractivity contribution in [3.05, 3.63) is 24.3 Å². The number of alkyl halides is 3. The summed E-state index contributed by atoms with van der Waals surface area (Å²) in [5.74, 6) is 0. The Hall–Kier alpha value is -0.880. The number of thioether (sulfide) groups is 1. The highest BCUT2D eigenvalue weighted by molar-refractivity contribution is 8.00. The summed E-state index contributed by atoms with van der Waals surface area (Å²) in [6.07, 6.45) is 3.43. The summed E-state index contributed by atoms with van der Waals surface area (Å²) in [6.45, 7) is 1.65. The standard InChI is InChI=1S/C13H17F3N2S/c14-13(15,16)19-12-7-2-1-6-11(12)18-9-10-5-3-4-8-17-10/h1-2,6-7,10,17-18H,3-5,8-9H2. The molecule has 1 saturated heterocycles. The monoisotopic (exact) mass is 290 g/mol. The van der Waals surface area contributed by atoms with E-state index in [-0.39, 0.29) is 16.7 Å². The summed E-state index contributed by atoms with van der Waals surface area (Å²) in [7, 11) is 0. The van der Waals surface area contributed by atoms with Crippen LogP contribution in [0.25, 0.3) is 0 Å². The second kappa shape index (κ2) is 6.52. The van der Waals surface area contributed by atoms with Crippen molar-refractivity contribution in [3.63, 3.8) is 0 Å². The third-order valence-corrected chi connectivity index (χ3v) is 3.87. The minimum atomic E-state index is -4.25. The molecule has 1 aliphatic heterocycles. The van der Waals surface area contributed by atoms with Crippen molar-refractivity contribution in [1.82, 2.24) is 5.32 Å². The first kappa shape index (κ1) is 14.5. The van der Waals surface area contributed by atoms with Gasteiger partial charge in [-0.3, -0.25) is 0 Å². The fourth-order valence-electron chi connectivity index (χ4n) is 2.16. The summed E-state index contributed by atoms with van der Waals surface area (Å²) in [5.41, 5.74) is -3.70. The van der Waals surface area contributed by atoms with E-state index in [1.807, 2.05) is 0 Å². The lowest BCUT2D eigenvalue weighted by Crippen LogP contribution is -2.39. The molecule has 106 valence electrons. The van der Waals surface area contributed by atoms with Crippen LogP contribution in [0.3, 0.4) is 0 Å². The van der Waals surface area contributed by atoms with E-state index in [0.717, 1.165) is 13.0 Å². The normalized spacial score (nSPS) is 20.3. The average Bonchev–Trinajstić information content (AvgIpc) is 2.37. The molecule has 2 rings (SSSR count). The lowest BCUT2D eigenvalue weighted by molar-refractivity contribution is -0.0327. The first-order chi connectivity index (χ1) is 9.04. The van der Waals surface area contributed by atoms with Crippen molar-refractivity contribution in [2.45, 2.75) is 35.7 Å². The molecule has 1 aromatic rings. The second-order valence-electron chi connectivity index (χ2n) is 4.57. The number of hydrogen-bond acceptors (Lipinski definition) is 3. The van der Waals surface area contributed by atoms with Gasteiger partial charge in [0.15, 0.2) is 0 Å². The molecule has 1 heterocycles. The zero-order valence-corrected chi connectivity index (χ0v) is 11.3. The Morgan fingerprint density at radius 1 is 1.26 bits per heavy atom. The van der Waals surface area contributed by atoms with Crippen LogP contribution in [0.4, 0.5) is 18.9 Å². The number of halogens is 3. The molecule has 2 nitrogen and oxygen atoms in total. The van der Waals surface area contributed by atoms with Crippen molar-refractivity contribution in [2.75, 3.05) is 18.4 Å². The lowest BCUT2D eigenvalue weighted by Gasteiger charge is -2.24. The van der Waals surface area contributed by atoms with E-state index >= 15 is 0 Å². The predicted octanol–water partition coefficient (Wildman–Crippen LogP) is 3.85. The summed E-state index contributed by atoms with van der Waals surface area (Å²) < 4.78 is 37.3. The van der Waals surface area contributed by atoms with Crippen LogP contribution in [0.1, 0.15) is 19.3 Å². The maximum absolute atomic E-state index is 12.4. The molecular formula is C13H17F3N2S. The summed E-state index contributed by atoms with van der Waals surface area (Å²) in [6, 6.07) is 6.90. The van der Waals surface area contributed by atoms with E-state index in [0.29, 0.717) is 18.3 Å². The van der Waals surface area contributed by atoms with Gasteiger partial charge in [0, 0.05) is 23.2 Å². The van der Waals surface area contributed by atoms with Gasteiger partial charge in [0.25, 0.3) is 0 Å². The van der Waals surface area contributed by atoms with Gasteiger partial charge in [0.2, 0.25) is 0 Å². The zero-order valence-electron chi connectivity index (χ0n) is 10.5. The highest BCUT2D eigenvalue weighted by Crippen LogP contribution is 2.40. The Kier molecular flexibility index (Phi) is 4.99. The van der Waals surface area contributed by atoms with Gasteiger partial charge in [-0.25, -0.2) is 0 Å². The van der Waals surface area contributed by atoms with Crippen LogP contribution in [0.2, 0.25) is 0 Å². The predicted molar refractivity (Wildman–Crippen MR) is 72.5 cm³/mol. The van der Waals surface area contributed by atoms with Crippen LogP contribution in [0.15, 0.2) is 29.2 Å². The molecule has 0 spiro atoms. The van der Waals surface area contributed by atoms with Gasteiger partial charge in [-0.1, -0.05) is 18.6 Å². The highest BCUT2D eigenvalue weighted by atomic mass is 32.2. The Morgan fingerprint density at radius 3 is 2.74 bits per heavy atom. The van der Waals surface area contributed by atoms with Crippen LogP contribution in [-0.2, 0) is 0 Å². The molecule has 1 aromatic carbocycles. The Balaban J connectivity index is 1.95. The van der Waals surface area contributed by atoms with Crippen LogP contribution >= 0.6 is 11.8 Å². The fourth-order valence-corrected chi connectivity index (χ4v) is 2.80. The first-order valence-corrected chi connectivity index (χ1v) is 7.18. The van der Waals surface area contributed by atoms with E-state index in [2.05, 4.69) is 10.6 Å². The number of benzene rings is 1. The minimum absolute atomic E-state index is 0.0689. The first-order valence-electron chi connectivity index (χ1n) is 6.36. The molecule has 1 unspecified atom stereocenters. The molecule has 1 fully saturated rings. The van der Waals surface area contributed by atoms with Crippen LogP contribution in [0.5, 0.6) is 0 Å². The molecule has 0 aromatic heterocycles. The lowest BCUT2D eigenvalue weighted by atomic mass is 10.1. The third-order valence-electron chi connectivity index (χ3n) is 3.06. The quantitative estimate of drug-likeness (QED) is 0.824. The average molecular weight is 290 g/mol. The largest absolute Gasteiger partial charge is 0.446 e. The van der Waals surface area contributed by atoms with Crippen molar-refractivity contribution >= 4 is 17.4 Å².